The third-order valence-corrected chi connectivity index (χ3v) is 6.38. The van der Waals surface area contributed by atoms with Crippen molar-refractivity contribution in [3.8, 4) is 0 Å². The number of hydrogen-bond donors (Lipinski definition) is 1. The quantitative estimate of drug-likeness (QED) is 0.525. The highest BCUT2D eigenvalue weighted by molar-refractivity contribution is 5.49. The summed E-state index contributed by atoms with van der Waals surface area (Å²) in [4.78, 5) is 2.49. The Morgan fingerprint density at radius 3 is 2.00 bits per heavy atom. The molecule has 3 aromatic rings. The fourth-order valence-electron chi connectivity index (χ4n) is 5.32. The van der Waals surface area contributed by atoms with Crippen LogP contribution in [0.25, 0.3) is 0 Å². The maximum Gasteiger partial charge on any atom is 0.104 e. The lowest BCUT2D eigenvalue weighted by Gasteiger charge is -2.28. The van der Waals surface area contributed by atoms with Gasteiger partial charge in [-0.05, 0) is 61.6 Å². The van der Waals surface area contributed by atoms with Crippen LogP contribution in [0.1, 0.15) is 58.9 Å². The molecule has 1 aliphatic heterocycles. The normalized spacial score (nSPS) is 24.3. The fraction of sp³-hybridized carbons (Fsp3) is 0.333. The van der Waals surface area contributed by atoms with Gasteiger partial charge in [0.15, 0.2) is 0 Å². The molecular formula is C27H31NO. The molecule has 1 fully saturated rings. The summed E-state index contributed by atoms with van der Waals surface area (Å²) in [7, 11) is 0. The van der Waals surface area contributed by atoms with E-state index in [1.807, 2.05) is 0 Å². The van der Waals surface area contributed by atoms with Crippen molar-refractivity contribution < 1.29 is 5.11 Å². The highest BCUT2D eigenvalue weighted by Crippen LogP contribution is 2.66. The lowest BCUT2D eigenvalue weighted by atomic mass is 9.80. The predicted octanol–water partition coefficient (Wildman–Crippen LogP) is 6.01. The molecule has 0 saturated carbocycles. The Balaban J connectivity index is 1.91. The molecule has 3 aromatic carbocycles. The molecule has 2 heteroatoms. The first-order valence-electron chi connectivity index (χ1n) is 10.6. The van der Waals surface area contributed by atoms with Gasteiger partial charge in [0.25, 0.3) is 0 Å². The van der Waals surface area contributed by atoms with E-state index >= 15 is 0 Å². The van der Waals surface area contributed by atoms with Crippen molar-refractivity contribution >= 4 is 0 Å². The summed E-state index contributed by atoms with van der Waals surface area (Å²) in [5, 5.41) is 12.0. The van der Waals surface area contributed by atoms with E-state index in [9.17, 15) is 5.11 Å². The van der Waals surface area contributed by atoms with Gasteiger partial charge in [0.05, 0.1) is 11.6 Å². The summed E-state index contributed by atoms with van der Waals surface area (Å²) in [5.41, 5.74) is 6.66. The Morgan fingerprint density at radius 1 is 0.897 bits per heavy atom. The maximum absolute atomic E-state index is 12.0. The molecule has 4 atom stereocenters. The Morgan fingerprint density at radius 2 is 1.45 bits per heavy atom. The van der Waals surface area contributed by atoms with Crippen LogP contribution in [0, 0.1) is 20.8 Å². The van der Waals surface area contributed by atoms with Crippen molar-refractivity contribution in [3.05, 3.63) is 106 Å². The van der Waals surface area contributed by atoms with Crippen molar-refractivity contribution in [1.82, 2.24) is 4.90 Å². The topological polar surface area (TPSA) is 23.2 Å². The van der Waals surface area contributed by atoms with Crippen LogP contribution in [0.4, 0.5) is 0 Å². The van der Waals surface area contributed by atoms with E-state index in [1.165, 1.54) is 27.8 Å². The molecule has 0 bridgehead atoms. The van der Waals surface area contributed by atoms with Crippen LogP contribution in [-0.2, 0) is 5.54 Å². The molecule has 0 spiro atoms. The lowest BCUT2D eigenvalue weighted by molar-refractivity contribution is 0.101. The van der Waals surface area contributed by atoms with Gasteiger partial charge in [-0.1, -0.05) is 85.3 Å². The van der Waals surface area contributed by atoms with E-state index < -0.39 is 11.6 Å². The average molecular weight is 386 g/mol. The highest BCUT2D eigenvalue weighted by Gasteiger charge is 2.67. The lowest BCUT2D eigenvalue weighted by Crippen LogP contribution is -2.27. The van der Waals surface area contributed by atoms with E-state index in [2.05, 4.69) is 105 Å². The van der Waals surface area contributed by atoms with Gasteiger partial charge >= 0.3 is 0 Å². The highest BCUT2D eigenvalue weighted by atomic mass is 16.3. The van der Waals surface area contributed by atoms with Gasteiger partial charge in [0, 0.05) is 0 Å². The van der Waals surface area contributed by atoms with Crippen molar-refractivity contribution in [3.63, 3.8) is 0 Å². The minimum atomic E-state index is -0.595. The van der Waals surface area contributed by atoms with Gasteiger partial charge in [0.2, 0.25) is 0 Å². The molecule has 2 nitrogen and oxygen atoms in total. The maximum atomic E-state index is 12.0. The molecule has 0 amide bonds. The molecule has 29 heavy (non-hydrogen) atoms. The van der Waals surface area contributed by atoms with E-state index in [1.54, 1.807) is 0 Å². The third-order valence-electron chi connectivity index (χ3n) is 6.38. The summed E-state index contributed by atoms with van der Waals surface area (Å²) in [5.74, 6) is 0. The first-order valence-corrected chi connectivity index (χ1v) is 10.6. The number of rotatable bonds is 6. The molecular weight excluding hydrogens is 354 g/mol. The number of aryl methyl sites for hydroxylation is 3. The van der Waals surface area contributed by atoms with Gasteiger partial charge < -0.3 is 5.11 Å². The zero-order valence-electron chi connectivity index (χ0n) is 17.9. The third kappa shape index (κ3) is 3.21. The number of aliphatic hydroxyl groups is 1. The Bertz CT molecular complexity index is 959. The molecule has 1 unspecified atom stereocenters. The summed E-state index contributed by atoms with van der Waals surface area (Å²) >= 11 is 0. The van der Waals surface area contributed by atoms with Crippen LogP contribution < -0.4 is 0 Å². The van der Waals surface area contributed by atoms with Gasteiger partial charge in [-0.2, -0.15) is 0 Å². The number of nitrogens with zero attached hydrogens (tertiary/aromatic N) is 1. The monoisotopic (exact) mass is 385 g/mol. The predicted molar refractivity (Wildman–Crippen MR) is 120 cm³/mol. The molecule has 1 aliphatic rings. The average Bonchev–Trinajstić information content (AvgIpc) is 3.38. The Labute approximate surface area is 174 Å². The van der Waals surface area contributed by atoms with Crippen LogP contribution in [0.3, 0.4) is 0 Å². The fourth-order valence-corrected chi connectivity index (χ4v) is 5.32. The van der Waals surface area contributed by atoms with Crippen LogP contribution >= 0.6 is 0 Å². The second-order valence-corrected chi connectivity index (χ2v) is 8.41. The Hall–Kier alpha value is -2.42. The van der Waals surface area contributed by atoms with Gasteiger partial charge in [0.1, 0.15) is 6.10 Å². The molecule has 0 aliphatic carbocycles. The van der Waals surface area contributed by atoms with Crippen LogP contribution in [-0.4, -0.2) is 16.6 Å². The first-order chi connectivity index (χ1) is 14.0. The number of benzene rings is 3. The SMILES string of the molecule is CCCN1[C@@H](c2ccccc2)[C@]1(c1ccccc1)[C@@H](O)c1c(C)cc(C)cc1C. The Kier molecular flexibility index (Phi) is 5.33. The van der Waals surface area contributed by atoms with Crippen LogP contribution in [0.5, 0.6) is 0 Å². The molecule has 1 heterocycles. The van der Waals surface area contributed by atoms with Gasteiger partial charge in [-0.15, -0.1) is 0 Å². The number of aliphatic hydroxyl groups excluding tert-OH is 1. The summed E-state index contributed by atoms with van der Waals surface area (Å²) in [6.07, 6.45) is 0.457. The van der Waals surface area contributed by atoms with Crippen LogP contribution in [0.15, 0.2) is 72.8 Å². The number of hydrogen-bond acceptors (Lipinski definition) is 2. The van der Waals surface area contributed by atoms with Crippen LogP contribution in [0.2, 0.25) is 0 Å². The molecule has 0 aromatic heterocycles. The summed E-state index contributed by atoms with van der Waals surface area (Å²) < 4.78 is 0. The van der Waals surface area contributed by atoms with E-state index in [-0.39, 0.29) is 6.04 Å². The van der Waals surface area contributed by atoms with Gasteiger partial charge in [-0.25, -0.2) is 0 Å². The molecule has 150 valence electrons. The van der Waals surface area contributed by atoms with E-state index in [4.69, 9.17) is 0 Å². The second kappa shape index (κ2) is 7.78. The molecule has 0 radical (unpaired) electrons. The van der Waals surface area contributed by atoms with Crippen molar-refractivity contribution in [1.29, 1.82) is 0 Å². The molecule has 4 rings (SSSR count). The first kappa shape index (κ1) is 19.9. The molecule has 1 saturated heterocycles. The van der Waals surface area contributed by atoms with Crippen molar-refractivity contribution in [2.24, 2.45) is 0 Å². The zero-order valence-corrected chi connectivity index (χ0v) is 17.9. The summed E-state index contributed by atoms with van der Waals surface area (Å²) in [6.45, 7) is 9.54. The van der Waals surface area contributed by atoms with Gasteiger partial charge in [-0.3, -0.25) is 4.90 Å². The van der Waals surface area contributed by atoms with E-state index in [0.717, 1.165) is 18.5 Å². The van der Waals surface area contributed by atoms with Crippen molar-refractivity contribution in [2.45, 2.75) is 51.8 Å². The van der Waals surface area contributed by atoms with E-state index in [0.29, 0.717) is 0 Å². The summed E-state index contributed by atoms with van der Waals surface area (Å²) in [6, 6.07) is 25.8. The second-order valence-electron chi connectivity index (χ2n) is 8.41. The standard InChI is InChI=1S/C27H31NO/c1-5-16-28-25(22-12-8-6-9-13-22)27(28,23-14-10-7-11-15-23)26(29)24-20(3)17-19(2)18-21(24)4/h6-15,17-18,25-26,29H,5,16H2,1-4H3/t25-,26-,27+,28?/m0/s1. The zero-order chi connectivity index (χ0) is 20.6. The minimum absolute atomic E-state index is 0.168. The van der Waals surface area contributed by atoms with Crippen molar-refractivity contribution in [2.75, 3.05) is 6.54 Å². The largest absolute Gasteiger partial charge is 0.386 e. The molecule has 1 N–H and O–H groups in total. The minimum Gasteiger partial charge on any atom is -0.386 e. The smallest absolute Gasteiger partial charge is 0.104 e.